The van der Waals surface area contributed by atoms with Gasteiger partial charge in [0.05, 0.1) is 0 Å². The third-order valence-electron chi connectivity index (χ3n) is 1.44. The molecule has 0 aromatic rings. The highest BCUT2D eigenvalue weighted by Gasteiger charge is 1.91. The van der Waals surface area contributed by atoms with Crippen LogP contribution in [0.3, 0.4) is 0 Å². The highest BCUT2D eigenvalue weighted by molar-refractivity contribution is 5.72. The van der Waals surface area contributed by atoms with Crippen LogP contribution < -0.4 is 0 Å². The number of rotatable bonds is 3. The molecule has 0 aliphatic heterocycles. The first-order chi connectivity index (χ1) is 4.68. The number of nitrogens with zero attached hydrogens (tertiary/aromatic N) is 1. The van der Waals surface area contributed by atoms with Crippen LogP contribution in [0.15, 0.2) is 29.4 Å². The van der Waals surface area contributed by atoms with Gasteiger partial charge in [-0.2, -0.15) is 0 Å². The highest BCUT2D eigenvalue weighted by atomic mass is 14.6. The summed E-state index contributed by atoms with van der Waals surface area (Å²) in [7, 11) is 0. The molecule has 0 aromatic heterocycles. The lowest BCUT2D eigenvalue weighted by molar-refractivity contribution is 0.771. The molecule has 0 atom stereocenters. The van der Waals surface area contributed by atoms with E-state index >= 15 is 0 Å². The van der Waals surface area contributed by atoms with Gasteiger partial charge in [0.2, 0.25) is 0 Å². The van der Waals surface area contributed by atoms with E-state index in [0.717, 1.165) is 0 Å². The first-order valence-corrected chi connectivity index (χ1v) is 3.49. The van der Waals surface area contributed by atoms with E-state index in [1.165, 1.54) is 11.8 Å². The Bertz CT molecular complexity index is 152. The molecule has 1 heteroatoms. The summed E-state index contributed by atoms with van der Waals surface area (Å²) in [5.74, 6) is 0.608. The number of allylic oxidation sites excluding steroid dienone is 2. The van der Waals surface area contributed by atoms with Gasteiger partial charge in [-0.3, -0.25) is 4.99 Å². The summed E-state index contributed by atoms with van der Waals surface area (Å²) >= 11 is 0. The van der Waals surface area contributed by atoms with Gasteiger partial charge in [0, 0.05) is 12.4 Å². The van der Waals surface area contributed by atoms with Gasteiger partial charge in [0.1, 0.15) is 0 Å². The maximum Gasteiger partial charge on any atom is 0.0267 e. The lowest BCUT2D eigenvalue weighted by Gasteiger charge is -2.00. The maximum absolute atomic E-state index is 3.86. The lowest BCUT2D eigenvalue weighted by Crippen LogP contribution is -1.87. The van der Waals surface area contributed by atoms with Crippen molar-refractivity contribution >= 4 is 6.21 Å². The molecule has 0 aromatic carbocycles. The quantitative estimate of drug-likeness (QED) is 0.530. The molecule has 0 amide bonds. The minimum Gasteiger partial charge on any atom is -0.265 e. The summed E-state index contributed by atoms with van der Waals surface area (Å²) in [5.41, 5.74) is 1.34. The van der Waals surface area contributed by atoms with Crippen LogP contribution in [0.2, 0.25) is 0 Å². The monoisotopic (exact) mass is 137 g/mol. The third-order valence-corrected chi connectivity index (χ3v) is 1.44. The van der Waals surface area contributed by atoms with E-state index in [0.29, 0.717) is 5.92 Å². The fraction of sp³-hybridized carbons (Fsp3) is 0.444. The fourth-order valence-corrected chi connectivity index (χ4v) is 0.414. The van der Waals surface area contributed by atoms with Crippen molar-refractivity contribution in [1.29, 1.82) is 0 Å². The van der Waals surface area contributed by atoms with Gasteiger partial charge in [0.15, 0.2) is 0 Å². The Morgan fingerprint density at radius 1 is 1.50 bits per heavy atom. The molecule has 0 spiro atoms. The minimum absolute atomic E-state index is 0.608. The van der Waals surface area contributed by atoms with Crippen LogP contribution in [0.5, 0.6) is 0 Å². The lowest BCUT2D eigenvalue weighted by atomic mass is 10.1. The molecule has 0 aliphatic carbocycles. The summed E-state index contributed by atoms with van der Waals surface area (Å²) in [5, 5.41) is 0. The van der Waals surface area contributed by atoms with Gasteiger partial charge >= 0.3 is 0 Å². The number of hydrogen-bond donors (Lipinski definition) is 0. The molecule has 0 unspecified atom stereocenters. The van der Waals surface area contributed by atoms with Crippen molar-refractivity contribution in [2.24, 2.45) is 10.9 Å². The summed E-state index contributed by atoms with van der Waals surface area (Å²) in [6.07, 6.45) is 5.30. The van der Waals surface area contributed by atoms with Crippen molar-refractivity contribution in [3.8, 4) is 0 Å². The second-order valence-electron chi connectivity index (χ2n) is 2.55. The van der Waals surface area contributed by atoms with Gasteiger partial charge in [-0.05, 0) is 18.9 Å². The van der Waals surface area contributed by atoms with E-state index in [4.69, 9.17) is 0 Å². The van der Waals surface area contributed by atoms with Crippen molar-refractivity contribution in [2.45, 2.75) is 20.8 Å². The zero-order chi connectivity index (χ0) is 7.98. The Labute approximate surface area is 63.2 Å². The SMILES string of the molecule is C=CN=C/C=C(/C)C(C)C. The average molecular weight is 137 g/mol. The van der Waals surface area contributed by atoms with E-state index in [9.17, 15) is 0 Å². The van der Waals surface area contributed by atoms with Crippen LogP contribution in [-0.4, -0.2) is 6.21 Å². The Balaban J connectivity index is 3.91. The van der Waals surface area contributed by atoms with Crippen molar-refractivity contribution < 1.29 is 0 Å². The Hall–Kier alpha value is -0.850. The number of hydrogen-bond acceptors (Lipinski definition) is 1. The largest absolute Gasteiger partial charge is 0.265 e. The topological polar surface area (TPSA) is 12.4 Å². The molecule has 0 radical (unpaired) electrons. The van der Waals surface area contributed by atoms with Gasteiger partial charge < -0.3 is 0 Å². The Morgan fingerprint density at radius 3 is 2.50 bits per heavy atom. The second kappa shape index (κ2) is 4.98. The normalized spacial score (nSPS) is 13.0. The van der Waals surface area contributed by atoms with Gasteiger partial charge in [-0.15, -0.1) is 0 Å². The Morgan fingerprint density at radius 2 is 2.10 bits per heavy atom. The van der Waals surface area contributed by atoms with Gasteiger partial charge in [-0.25, -0.2) is 0 Å². The highest BCUT2D eigenvalue weighted by Crippen LogP contribution is 2.05. The predicted octanol–water partition coefficient (Wildman–Crippen LogP) is 2.80. The summed E-state index contributed by atoms with van der Waals surface area (Å²) in [6, 6.07) is 0. The van der Waals surface area contributed by atoms with E-state index < -0.39 is 0 Å². The zero-order valence-corrected chi connectivity index (χ0v) is 6.96. The third kappa shape index (κ3) is 4.07. The van der Waals surface area contributed by atoms with Crippen molar-refractivity contribution in [3.05, 3.63) is 24.4 Å². The summed E-state index contributed by atoms with van der Waals surface area (Å²) in [6.45, 7) is 9.89. The minimum atomic E-state index is 0.608. The molecular weight excluding hydrogens is 122 g/mol. The molecule has 1 nitrogen and oxygen atoms in total. The number of aliphatic imine (C=N–C) groups is 1. The Kier molecular flexibility index (Phi) is 4.55. The van der Waals surface area contributed by atoms with Crippen LogP contribution in [0.1, 0.15) is 20.8 Å². The van der Waals surface area contributed by atoms with Crippen LogP contribution >= 0.6 is 0 Å². The fourth-order valence-electron chi connectivity index (χ4n) is 0.414. The first-order valence-electron chi connectivity index (χ1n) is 3.49. The van der Waals surface area contributed by atoms with Crippen molar-refractivity contribution in [3.63, 3.8) is 0 Å². The standard InChI is InChI=1S/C9H15N/c1-5-10-7-6-9(4)8(2)3/h5-8H,1H2,2-4H3/b9-6-,10-7?. The molecule has 0 saturated carbocycles. The van der Waals surface area contributed by atoms with Crippen molar-refractivity contribution in [2.75, 3.05) is 0 Å². The van der Waals surface area contributed by atoms with E-state index in [1.807, 2.05) is 6.08 Å². The van der Waals surface area contributed by atoms with E-state index in [2.05, 4.69) is 32.3 Å². The van der Waals surface area contributed by atoms with Crippen molar-refractivity contribution in [1.82, 2.24) is 0 Å². The summed E-state index contributed by atoms with van der Waals surface area (Å²) < 4.78 is 0. The molecule has 56 valence electrons. The van der Waals surface area contributed by atoms with E-state index in [1.54, 1.807) is 6.21 Å². The van der Waals surface area contributed by atoms with Crippen LogP contribution in [0.4, 0.5) is 0 Å². The molecule has 0 saturated heterocycles. The molecule has 0 bridgehead atoms. The molecule has 10 heavy (non-hydrogen) atoms. The summed E-state index contributed by atoms with van der Waals surface area (Å²) in [4.78, 5) is 3.86. The van der Waals surface area contributed by atoms with Crippen LogP contribution in [-0.2, 0) is 0 Å². The molecule has 0 rings (SSSR count). The zero-order valence-electron chi connectivity index (χ0n) is 6.96. The van der Waals surface area contributed by atoms with Gasteiger partial charge in [0.25, 0.3) is 0 Å². The first kappa shape index (κ1) is 9.15. The molecule has 0 aliphatic rings. The molecular formula is C9H15N. The predicted molar refractivity (Wildman–Crippen MR) is 47.3 cm³/mol. The molecule has 0 N–H and O–H groups in total. The molecule has 0 heterocycles. The second-order valence-corrected chi connectivity index (χ2v) is 2.55. The molecule has 0 fully saturated rings. The smallest absolute Gasteiger partial charge is 0.0267 e. The maximum atomic E-state index is 3.86. The van der Waals surface area contributed by atoms with Gasteiger partial charge in [-0.1, -0.05) is 26.0 Å². The average Bonchev–Trinajstić information content (AvgIpc) is 1.88. The van der Waals surface area contributed by atoms with E-state index in [-0.39, 0.29) is 0 Å². The van der Waals surface area contributed by atoms with Crippen LogP contribution in [0.25, 0.3) is 0 Å². The van der Waals surface area contributed by atoms with Crippen LogP contribution in [0, 0.1) is 5.92 Å².